The summed E-state index contributed by atoms with van der Waals surface area (Å²) < 4.78 is 12.1. The van der Waals surface area contributed by atoms with Gasteiger partial charge in [0.25, 0.3) is 5.88 Å². The summed E-state index contributed by atoms with van der Waals surface area (Å²) in [6, 6.07) is 5.76. The smallest absolute Gasteiger partial charge is 0.268 e. The van der Waals surface area contributed by atoms with Crippen molar-refractivity contribution in [3.8, 4) is 17.4 Å². The van der Waals surface area contributed by atoms with Crippen molar-refractivity contribution in [2.45, 2.75) is 6.92 Å². The van der Waals surface area contributed by atoms with Crippen LogP contribution in [0.5, 0.6) is 17.4 Å². The van der Waals surface area contributed by atoms with Crippen LogP contribution >= 0.6 is 15.9 Å². The second-order valence-corrected chi connectivity index (χ2v) is 4.74. The van der Waals surface area contributed by atoms with Crippen molar-refractivity contribution in [2.75, 3.05) is 19.5 Å². The standard InChI is InChI=1S/C13H14BrN3O2/c1-8-6-9(14)4-5-10(8)19-13-11(18-3)12(15-2)16-7-17-13/h4-7H,1-3H3,(H,15,16,17). The SMILES string of the molecule is CNc1ncnc(Oc2ccc(Br)cc2C)c1OC. The van der Waals surface area contributed by atoms with Crippen LogP contribution in [0.2, 0.25) is 0 Å². The lowest BCUT2D eigenvalue weighted by Gasteiger charge is -2.13. The van der Waals surface area contributed by atoms with Gasteiger partial charge in [0.15, 0.2) is 5.82 Å². The number of benzene rings is 1. The average Bonchev–Trinajstić information content (AvgIpc) is 2.41. The van der Waals surface area contributed by atoms with Crippen LogP contribution in [0.3, 0.4) is 0 Å². The monoisotopic (exact) mass is 323 g/mol. The molecule has 0 unspecified atom stereocenters. The summed E-state index contributed by atoms with van der Waals surface area (Å²) in [5.74, 6) is 2.17. The summed E-state index contributed by atoms with van der Waals surface area (Å²) in [6.07, 6.45) is 1.43. The lowest BCUT2D eigenvalue weighted by molar-refractivity contribution is 0.368. The molecule has 2 aromatic rings. The number of hydrogen-bond acceptors (Lipinski definition) is 5. The lowest BCUT2D eigenvalue weighted by Crippen LogP contribution is -2.01. The summed E-state index contributed by atoms with van der Waals surface area (Å²) in [6.45, 7) is 1.97. The highest BCUT2D eigenvalue weighted by Crippen LogP contribution is 2.35. The fourth-order valence-electron chi connectivity index (χ4n) is 1.62. The number of rotatable bonds is 4. The van der Waals surface area contributed by atoms with E-state index in [9.17, 15) is 0 Å². The molecule has 1 heterocycles. The molecule has 0 radical (unpaired) electrons. The van der Waals surface area contributed by atoms with E-state index in [0.717, 1.165) is 15.8 Å². The average molecular weight is 324 g/mol. The summed E-state index contributed by atoms with van der Waals surface area (Å²) >= 11 is 3.42. The number of halogens is 1. The number of nitrogens with zero attached hydrogens (tertiary/aromatic N) is 2. The molecule has 100 valence electrons. The Morgan fingerprint density at radius 2 is 2.05 bits per heavy atom. The molecule has 0 aliphatic heterocycles. The number of hydrogen-bond donors (Lipinski definition) is 1. The molecule has 0 aliphatic carbocycles. The van der Waals surface area contributed by atoms with Crippen molar-refractivity contribution in [3.05, 3.63) is 34.6 Å². The van der Waals surface area contributed by atoms with Crippen LogP contribution in [0.15, 0.2) is 29.0 Å². The Bertz CT molecular complexity index is 590. The minimum Gasteiger partial charge on any atom is -0.489 e. The van der Waals surface area contributed by atoms with Crippen molar-refractivity contribution >= 4 is 21.7 Å². The molecule has 0 fully saturated rings. The van der Waals surface area contributed by atoms with Gasteiger partial charge in [0, 0.05) is 11.5 Å². The zero-order valence-corrected chi connectivity index (χ0v) is 12.5. The Morgan fingerprint density at radius 3 is 2.68 bits per heavy atom. The second-order valence-electron chi connectivity index (χ2n) is 3.82. The number of ether oxygens (including phenoxy) is 2. The van der Waals surface area contributed by atoms with Crippen molar-refractivity contribution in [1.29, 1.82) is 0 Å². The molecule has 0 spiro atoms. The molecule has 1 N–H and O–H groups in total. The van der Waals surface area contributed by atoms with Crippen molar-refractivity contribution < 1.29 is 9.47 Å². The van der Waals surface area contributed by atoms with Crippen molar-refractivity contribution in [2.24, 2.45) is 0 Å². The quantitative estimate of drug-likeness (QED) is 0.934. The molecule has 5 nitrogen and oxygen atoms in total. The van der Waals surface area contributed by atoms with Crippen LogP contribution in [0, 0.1) is 6.92 Å². The highest BCUT2D eigenvalue weighted by Gasteiger charge is 2.14. The third kappa shape index (κ3) is 2.96. The highest BCUT2D eigenvalue weighted by molar-refractivity contribution is 9.10. The maximum atomic E-state index is 5.79. The number of aromatic nitrogens is 2. The van der Waals surface area contributed by atoms with Crippen LogP contribution in [0.4, 0.5) is 5.82 Å². The number of aryl methyl sites for hydroxylation is 1. The predicted octanol–water partition coefficient (Wildman–Crippen LogP) is 3.39. The Morgan fingerprint density at radius 1 is 1.26 bits per heavy atom. The molecular weight excluding hydrogens is 310 g/mol. The zero-order valence-electron chi connectivity index (χ0n) is 10.9. The van der Waals surface area contributed by atoms with Crippen LogP contribution < -0.4 is 14.8 Å². The first-order chi connectivity index (χ1) is 9.15. The van der Waals surface area contributed by atoms with Crippen LogP contribution in [0.1, 0.15) is 5.56 Å². The van der Waals surface area contributed by atoms with E-state index in [1.807, 2.05) is 25.1 Å². The maximum Gasteiger partial charge on any atom is 0.268 e. The molecule has 1 aromatic heterocycles. The molecule has 0 aliphatic rings. The summed E-state index contributed by atoms with van der Waals surface area (Å²) in [5.41, 5.74) is 1.00. The van der Waals surface area contributed by atoms with Gasteiger partial charge < -0.3 is 14.8 Å². The normalized spacial score (nSPS) is 10.1. The van der Waals surface area contributed by atoms with Gasteiger partial charge in [0.1, 0.15) is 12.1 Å². The minimum absolute atomic E-state index is 0.382. The summed E-state index contributed by atoms with van der Waals surface area (Å²) in [7, 11) is 3.32. The Balaban J connectivity index is 2.37. The van der Waals surface area contributed by atoms with Gasteiger partial charge in [0.05, 0.1) is 7.11 Å². The first kappa shape index (κ1) is 13.6. The molecule has 2 rings (SSSR count). The zero-order chi connectivity index (χ0) is 13.8. The molecule has 6 heteroatoms. The molecule has 0 atom stereocenters. The van der Waals surface area contributed by atoms with Crippen molar-refractivity contribution in [3.63, 3.8) is 0 Å². The molecular formula is C13H14BrN3O2. The molecule has 0 bridgehead atoms. The highest BCUT2D eigenvalue weighted by atomic mass is 79.9. The first-order valence-electron chi connectivity index (χ1n) is 5.66. The van der Waals surface area contributed by atoms with Crippen LogP contribution in [0.25, 0.3) is 0 Å². The molecule has 0 saturated heterocycles. The van der Waals surface area contributed by atoms with Gasteiger partial charge in [-0.3, -0.25) is 0 Å². The fraction of sp³-hybridized carbons (Fsp3) is 0.231. The Hall–Kier alpha value is -1.82. The van der Waals surface area contributed by atoms with E-state index in [0.29, 0.717) is 17.4 Å². The second kappa shape index (κ2) is 5.88. The number of methoxy groups -OCH3 is 1. The molecule has 19 heavy (non-hydrogen) atoms. The van der Waals surface area contributed by atoms with Gasteiger partial charge in [-0.15, -0.1) is 0 Å². The van der Waals surface area contributed by atoms with Crippen LogP contribution in [-0.2, 0) is 0 Å². The van der Waals surface area contributed by atoms with E-state index in [4.69, 9.17) is 9.47 Å². The van der Waals surface area contributed by atoms with E-state index in [1.165, 1.54) is 6.33 Å². The Labute approximate surface area is 120 Å². The van der Waals surface area contributed by atoms with Crippen molar-refractivity contribution in [1.82, 2.24) is 9.97 Å². The third-order valence-corrected chi connectivity index (χ3v) is 3.05. The largest absolute Gasteiger partial charge is 0.489 e. The molecule has 1 aromatic carbocycles. The van der Waals surface area contributed by atoms with Gasteiger partial charge in [-0.2, -0.15) is 4.98 Å². The lowest BCUT2D eigenvalue weighted by atomic mass is 10.2. The van der Waals surface area contributed by atoms with E-state index < -0.39 is 0 Å². The Kier molecular flexibility index (Phi) is 4.21. The van der Waals surface area contributed by atoms with Gasteiger partial charge >= 0.3 is 0 Å². The fourth-order valence-corrected chi connectivity index (χ4v) is 2.10. The summed E-state index contributed by atoms with van der Waals surface area (Å²) in [4.78, 5) is 8.18. The van der Waals surface area contributed by atoms with Gasteiger partial charge in [-0.25, -0.2) is 4.98 Å². The van der Waals surface area contributed by atoms with Gasteiger partial charge in [-0.1, -0.05) is 15.9 Å². The first-order valence-corrected chi connectivity index (χ1v) is 6.45. The minimum atomic E-state index is 0.382. The van der Waals surface area contributed by atoms with Gasteiger partial charge in [-0.05, 0) is 30.7 Å². The number of anilines is 1. The predicted molar refractivity (Wildman–Crippen MR) is 77.1 cm³/mol. The number of nitrogens with one attached hydrogen (secondary N) is 1. The molecule has 0 amide bonds. The van der Waals surface area contributed by atoms with E-state index in [1.54, 1.807) is 14.2 Å². The third-order valence-electron chi connectivity index (χ3n) is 2.56. The van der Waals surface area contributed by atoms with Gasteiger partial charge in [0.2, 0.25) is 5.75 Å². The molecule has 0 saturated carbocycles. The van der Waals surface area contributed by atoms with Crippen LogP contribution in [-0.4, -0.2) is 24.1 Å². The maximum absolute atomic E-state index is 5.79. The van der Waals surface area contributed by atoms with E-state index in [2.05, 4.69) is 31.2 Å². The van der Waals surface area contributed by atoms with E-state index >= 15 is 0 Å². The van der Waals surface area contributed by atoms with E-state index in [-0.39, 0.29) is 0 Å². The summed E-state index contributed by atoms with van der Waals surface area (Å²) in [5, 5.41) is 2.93. The topological polar surface area (TPSA) is 56.3 Å².